The fourth-order valence-corrected chi connectivity index (χ4v) is 10.3. The average molecular weight is 1080 g/mol. The van der Waals surface area contributed by atoms with E-state index in [1.54, 1.807) is 6.92 Å². The molecule has 414 valence electrons. The van der Waals surface area contributed by atoms with E-state index in [4.69, 9.17) is 56.8 Å². The fourth-order valence-electron chi connectivity index (χ4n) is 10.1. The SMILES string of the molecule is CC(=O)OC[C@H](OC(C)=O)[C@@H](C)[C@@H]1O[C@@](O[C@@H]2C(OCc3ccccc3)[C@H](O[C@H]3C(C)C(OCc4ccccc4)[C@@H](OCP)O[C@@H]3COCc3ccccc3)OC(COCc3ccccc3)[C@@H]2O)(C(=O)O)CC(C)[C@@H]1C. The number of rotatable bonds is 26. The molecule has 0 aromatic heterocycles. The molecule has 3 aliphatic heterocycles. The number of hydrogen-bond donors (Lipinski definition) is 2. The van der Waals surface area contributed by atoms with Gasteiger partial charge in [-0.3, -0.25) is 9.59 Å². The van der Waals surface area contributed by atoms with E-state index < -0.39 is 103 Å². The summed E-state index contributed by atoms with van der Waals surface area (Å²) < 4.78 is 77.6. The predicted octanol–water partition coefficient (Wildman–Crippen LogP) is 7.63. The third-order valence-electron chi connectivity index (χ3n) is 14.4. The van der Waals surface area contributed by atoms with Gasteiger partial charge >= 0.3 is 17.9 Å². The Hall–Kier alpha value is -4.72. The third-order valence-corrected chi connectivity index (χ3v) is 14.6. The van der Waals surface area contributed by atoms with Gasteiger partial charge in [0.1, 0.15) is 49.3 Å². The van der Waals surface area contributed by atoms with Gasteiger partial charge in [0.2, 0.25) is 0 Å². The number of carboxylic acids is 1. The van der Waals surface area contributed by atoms with Crippen molar-refractivity contribution in [2.75, 3.05) is 26.2 Å². The molecular formula is C58H75O17P. The van der Waals surface area contributed by atoms with Crippen LogP contribution in [0.4, 0.5) is 0 Å². The van der Waals surface area contributed by atoms with Crippen LogP contribution in [-0.4, -0.2) is 128 Å². The maximum absolute atomic E-state index is 14.0. The van der Waals surface area contributed by atoms with Crippen LogP contribution in [0, 0.1) is 23.7 Å². The number of carbonyl (C=O) groups excluding carboxylic acids is 2. The number of benzene rings is 4. The Labute approximate surface area is 448 Å². The molecule has 0 aliphatic carbocycles. The molecule has 7 rings (SSSR count). The summed E-state index contributed by atoms with van der Waals surface area (Å²) in [5.41, 5.74) is 3.52. The molecule has 3 heterocycles. The lowest BCUT2D eigenvalue weighted by Gasteiger charge is -2.52. The van der Waals surface area contributed by atoms with Gasteiger partial charge in [-0.1, -0.05) is 149 Å². The van der Waals surface area contributed by atoms with Crippen LogP contribution in [0.5, 0.6) is 0 Å². The van der Waals surface area contributed by atoms with E-state index in [0.29, 0.717) is 0 Å². The number of aliphatic carboxylic acids is 1. The van der Waals surface area contributed by atoms with Crippen molar-refractivity contribution in [2.24, 2.45) is 23.7 Å². The molecule has 0 spiro atoms. The average Bonchev–Trinajstić information content (AvgIpc) is 3.47. The molecule has 17 nitrogen and oxygen atoms in total. The number of carboxylic acid groups (broad SMARTS) is 1. The molecule has 6 unspecified atom stereocenters. The molecule has 3 fully saturated rings. The molecule has 3 saturated heterocycles. The molecule has 4 aromatic carbocycles. The number of aliphatic hydroxyl groups is 1. The van der Waals surface area contributed by atoms with E-state index in [1.165, 1.54) is 13.8 Å². The summed E-state index contributed by atoms with van der Waals surface area (Å²) in [6.07, 6.45) is -12.0. The zero-order chi connectivity index (χ0) is 54.2. The molecule has 4 aromatic rings. The lowest BCUT2D eigenvalue weighted by Crippen LogP contribution is -2.67. The smallest absolute Gasteiger partial charge is 0.364 e. The Kier molecular flexibility index (Phi) is 22.3. The second kappa shape index (κ2) is 28.8. The van der Waals surface area contributed by atoms with E-state index in [1.807, 2.05) is 142 Å². The highest BCUT2D eigenvalue weighted by molar-refractivity contribution is 7.16. The van der Waals surface area contributed by atoms with Crippen molar-refractivity contribution in [3.63, 3.8) is 0 Å². The van der Waals surface area contributed by atoms with Gasteiger partial charge in [-0.15, -0.1) is 9.24 Å². The van der Waals surface area contributed by atoms with Crippen molar-refractivity contribution in [2.45, 2.75) is 148 Å². The van der Waals surface area contributed by atoms with E-state index in [0.717, 1.165) is 22.3 Å². The van der Waals surface area contributed by atoms with Crippen molar-refractivity contribution < 1.29 is 81.4 Å². The Morgan fingerprint density at radius 1 is 0.645 bits per heavy atom. The molecule has 76 heavy (non-hydrogen) atoms. The monoisotopic (exact) mass is 1070 g/mol. The highest BCUT2D eigenvalue weighted by Crippen LogP contribution is 2.45. The zero-order valence-corrected chi connectivity index (χ0v) is 45.3. The molecule has 0 bridgehead atoms. The van der Waals surface area contributed by atoms with Crippen molar-refractivity contribution in [3.05, 3.63) is 144 Å². The first-order valence-corrected chi connectivity index (χ1v) is 26.9. The van der Waals surface area contributed by atoms with Gasteiger partial charge in [0.25, 0.3) is 5.79 Å². The zero-order valence-electron chi connectivity index (χ0n) is 44.2. The fraction of sp³-hybridized carbons (Fsp3) is 0.534. The summed E-state index contributed by atoms with van der Waals surface area (Å²) in [6.45, 7) is 10.2. The Bertz CT molecular complexity index is 2370. The van der Waals surface area contributed by atoms with E-state index in [2.05, 4.69) is 9.24 Å². The number of aliphatic hydroxyl groups excluding tert-OH is 1. The lowest BCUT2D eigenvalue weighted by molar-refractivity contribution is -0.389. The van der Waals surface area contributed by atoms with Crippen LogP contribution < -0.4 is 0 Å². The first kappa shape index (κ1) is 59.0. The highest BCUT2D eigenvalue weighted by Gasteiger charge is 2.59. The largest absolute Gasteiger partial charge is 0.477 e. The molecule has 0 saturated carbocycles. The minimum atomic E-state index is -2.42. The highest BCUT2D eigenvalue weighted by atomic mass is 31.0. The lowest BCUT2D eigenvalue weighted by atomic mass is 9.76. The number of esters is 2. The molecule has 0 radical (unpaired) electrons. The number of carbonyl (C=O) groups is 3. The van der Waals surface area contributed by atoms with Crippen LogP contribution in [-0.2, 0) is 97.7 Å². The second-order valence-electron chi connectivity index (χ2n) is 20.0. The van der Waals surface area contributed by atoms with Crippen LogP contribution in [0.15, 0.2) is 121 Å². The molecule has 0 amide bonds. The first-order chi connectivity index (χ1) is 36.7. The predicted molar refractivity (Wildman–Crippen MR) is 280 cm³/mol. The van der Waals surface area contributed by atoms with Crippen molar-refractivity contribution in [1.82, 2.24) is 0 Å². The van der Waals surface area contributed by atoms with Crippen LogP contribution in [0.1, 0.15) is 70.2 Å². The topological polar surface area (TPSA) is 202 Å². The quantitative estimate of drug-likeness (QED) is 0.0459. The van der Waals surface area contributed by atoms with Gasteiger partial charge < -0.3 is 67.1 Å². The minimum Gasteiger partial charge on any atom is -0.477 e. The Morgan fingerprint density at radius 3 is 1.64 bits per heavy atom. The first-order valence-electron chi connectivity index (χ1n) is 26.1. The second-order valence-corrected chi connectivity index (χ2v) is 20.3. The molecule has 2 N–H and O–H groups in total. The summed E-state index contributed by atoms with van der Waals surface area (Å²) in [6, 6.07) is 38.3. The van der Waals surface area contributed by atoms with Gasteiger partial charge in [-0.2, -0.15) is 0 Å². The van der Waals surface area contributed by atoms with Crippen LogP contribution in [0.25, 0.3) is 0 Å². The van der Waals surface area contributed by atoms with Crippen molar-refractivity contribution in [1.29, 1.82) is 0 Å². The Balaban J connectivity index is 1.28. The standard InChI is InChI=1S/C58H75O17P/c1-36-27-58(57(62)63,74-50(37(36)2)38(3)46(70-41(6)60)34-66-40(5)59)75-53-49(61)47(32-64-28-42-19-11-7-12-20-42)71-56(54(53)68-31-45-25-17-10-18-26-45)73-51-39(4)52(67-30-44-23-15-9-16-24-44)55(69-35-76)72-48(51)33-65-29-43-21-13-8-14-22-43/h7-26,36-39,46-56,61H,27-35,76H2,1-6H3,(H,62,63)/t36?,37-,38+,39?,46-,47?,48+,49-,50+,51-,52?,53-,54?,55-,56-,58-/m0/s1. The van der Waals surface area contributed by atoms with Crippen LogP contribution in [0.3, 0.4) is 0 Å². The van der Waals surface area contributed by atoms with E-state index in [-0.39, 0.29) is 70.9 Å². The summed E-state index contributed by atoms with van der Waals surface area (Å²) in [4.78, 5) is 38.4. The maximum Gasteiger partial charge on any atom is 0.364 e. The van der Waals surface area contributed by atoms with Crippen molar-refractivity contribution in [3.8, 4) is 0 Å². The minimum absolute atomic E-state index is 0.0298. The van der Waals surface area contributed by atoms with E-state index >= 15 is 0 Å². The van der Waals surface area contributed by atoms with Gasteiger partial charge in [0.05, 0.1) is 58.2 Å². The maximum atomic E-state index is 14.0. The normalized spacial score (nSPS) is 30.4. The molecular weight excluding hydrogens is 1000 g/mol. The van der Waals surface area contributed by atoms with Crippen LogP contribution in [0.2, 0.25) is 0 Å². The van der Waals surface area contributed by atoms with Crippen LogP contribution >= 0.6 is 9.24 Å². The summed E-state index contributed by atoms with van der Waals surface area (Å²) in [5, 5.41) is 24.1. The summed E-state index contributed by atoms with van der Waals surface area (Å²) in [7, 11) is 2.57. The summed E-state index contributed by atoms with van der Waals surface area (Å²) >= 11 is 0. The van der Waals surface area contributed by atoms with Crippen molar-refractivity contribution >= 4 is 27.1 Å². The van der Waals surface area contributed by atoms with E-state index in [9.17, 15) is 24.6 Å². The molecule has 3 aliphatic rings. The number of ether oxygens (including phenoxy) is 12. The summed E-state index contributed by atoms with van der Waals surface area (Å²) in [5.74, 6) is -6.97. The molecule has 18 heteroatoms. The third kappa shape index (κ3) is 16.0. The van der Waals surface area contributed by atoms with Gasteiger partial charge in [0.15, 0.2) is 12.6 Å². The van der Waals surface area contributed by atoms with Gasteiger partial charge in [-0.25, -0.2) is 4.79 Å². The van der Waals surface area contributed by atoms with Gasteiger partial charge in [0, 0.05) is 32.1 Å². The van der Waals surface area contributed by atoms with Gasteiger partial charge in [-0.05, 0) is 34.1 Å². The number of hydrogen-bond acceptors (Lipinski definition) is 16. The molecule has 17 atom stereocenters. The Morgan fingerprint density at radius 2 is 1.14 bits per heavy atom.